The van der Waals surface area contributed by atoms with Gasteiger partial charge in [0.05, 0.1) is 0 Å². The Morgan fingerprint density at radius 2 is 1.73 bits per heavy atom. The Morgan fingerprint density at radius 3 is 2.00 bits per heavy atom. The summed E-state index contributed by atoms with van der Waals surface area (Å²) in [4.78, 5) is 10.6. The third-order valence-electron chi connectivity index (χ3n) is 2.03. The van der Waals surface area contributed by atoms with Gasteiger partial charge in [0.1, 0.15) is 4.32 Å². The Bertz CT molecular complexity index is 143. The first-order valence-corrected chi connectivity index (χ1v) is 4.37. The minimum Gasteiger partial charge on any atom is -0.480 e. The molecule has 0 aromatic heterocycles. The summed E-state index contributed by atoms with van der Waals surface area (Å²) in [6.07, 6.45) is 4.82. The van der Waals surface area contributed by atoms with Gasteiger partial charge in [-0.2, -0.15) is 0 Å². The molecule has 0 saturated heterocycles. The molecule has 1 radical (unpaired) electrons. The van der Waals surface area contributed by atoms with Crippen LogP contribution in [0.3, 0.4) is 0 Å². The Kier molecular flexibility index (Phi) is 5.17. The summed E-state index contributed by atoms with van der Waals surface area (Å²) < 4.78 is -0.592. The molecule has 1 N–H and O–H groups in total. The second-order valence-electron chi connectivity index (χ2n) is 2.83. The van der Waals surface area contributed by atoms with E-state index in [1.165, 1.54) is 6.42 Å². The molecule has 61 valence electrons. The fourth-order valence-electron chi connectivity index (χ4n) is 1.33. The Balaban J connectivity index is 0.000001000. The van der Waals surface area contributed by atoms with Crippen LogP contribution in [0.2, 0.25) is 0 Å². The van der Waals surface area contributed by atoms with Gasteiger partial charge < -0.3 is 5.11 Å². The van der Waals surface area contributed by atoms with Crippen LogP contribution in [0.5, 0.6) is 0 Å². The quantitative estimate of drug-likeness (QED) is 0.528. The number of carbonyl (C=O) groups is 1. The number of hydrogen-bond donors (Lipinski definition) is 1. The molecule has 1 rings (SSSR count). The van der Waals surface area contributed by atoms with Gasteiger partial charge in [-0.1, -0.05) is 35.2 Å². The Morgan fingerprint density at radius 1 is 1.27 bits per heavy atom. The molecule has 2 nitrogen and oxygen atoms in total. The minimum atomic E-state index is -0.702. The smallest absolute Gasteiger partial charge is 0.320 e. The van der Waals surface area contributed by atoms with E-state index in [1.807, 2.05) is 0 Å². The van der Waals surface area contributed by atoms with Crippen LogP contribution in [0.15, 0.2) is 0 Å². The predicted octanol–water partition coefficient (Wildman–Crippen LogP) is 1.79. The summed E-state index contributed by atoms with van der Waals surface area (Å²) in [6.45, 7) is 0. The van der Waals surface area contributed by atoms with Crippen LogP contribution in [0.1, 0.15) is 32.1 Å². The van der Waals surface area contributed by atoms with E-state index in [2.05, 4.69) is 15.9 Å². The van der Waals surface area contributed by atoms with Crippen molar-refractivity contribution in [3.05, 3.63) is 0 Å². The van der Waals surface area contributed by atoms with Gasteiger partial charge in [0, 0.05) is 27.3 Å². The van der Waals surface area contributed by atoms with E-state index in [1.54, 1.807) is 0 Å². The third kappa shape index (κ3) is 3.01. The zero-order chi connectivity index (χ0) is 7.61. The van der Waals surface area contributed by atoms with Crippen molar-refractivity contribution in [2.45, 2.75) is 36.4 Å². The van der Waals surface area contributed by atoms with Gasteiger partial charge in [-0.3, -0.25) is 4.79 Å². The van der Waals surface area contributed by atoms with Crippen molar-refractivity contribution in [2.24, 2.45) is 0 Å². The normalized spacial score (nSPS) is 21.9. The van der Waals surface area contributed by atoms with Crippen molar-refractivity contribution in [3.8, 4) is 0 Å². The summed E-state index contributed by atoms with van der Waals surface area (Å²) in [7, 11) is 0. The molecule has 0 heterocycles. The molecule has 0 aromatic carbocycles. The van der Waals surface area contributed by atoms with Crippen molar-refractivity contribution < 1.29 is 9.90 Å². The van der Waals surface area contributed by atoms with Gasteiger partial charge in [-0.05, 0) is 12.8 Å². The molecule has 1 aliphatic rings. The van der Waals surface area contributed by atoms with E-state index >= 15 is 0 Å². The average Bonchev–Trinajstić information content (AvgIpc) is 1.89. The van der Waals surface area contributed by atoms with Gasteiger partial charge >= 0.3 is 5.97 Å². The number of aliphatic carboxylic acids is 1. The molecule has 0 aliphatic heterocycles. The number of carboxylic acids is 1. The maximum atomic E-state index is 10.6. The van der Waals surface area contributed by atoms with Gasteiger partial charge in [-0.25, -0.2) is 0 Å². The van der Waals surface area contributed by atoms with Crippen LogP contribution in [0.25, 0.3) is 0 Å². The monoisotopic (exact) mass is 411 g/mol. The van der Waals surface area contributed by atoms with Crippen LogP contribution in [0.4, 0.5) is 0 Å². The van der Waals surface area contributed by atoms with Crippen LogP contribution in [-0.4, -0.2) is 42.7 Å². The van der Waals surface area contributed by atoms with Crippen LogP contribution in [-0.2, 0) is 4.79 Å². The maximum absolute atomic E-state index is 10.6. The fraction of sp³-hybridized carbons (Fsp3) is 0.857. The Hall–Kier alpha value is 0.872. The number of rotatable bonds is 1. The van der Waals surface area contributed by atoms with Crippen molar-refractivity contribution >= 4 is 49.2 Å². The average molecular weight is 411 g/mol. The zero-order valence-corrected chi connectivity index (χ0v) is 12.4. The summed E-state index contributed by atoms with van der Waals surface area (Å²) >= 11 is 3.26. The standard InChI is InChI=1S/C7H11BrO2.Tl/c8-7(6(9)10)4-2-1-3-5-7;/h1-5H2,(H,9,10);. The van der Waals surface area contributed by atoms with Crippen LogP contribution >= 0.6 is 15.9 Å². The molecule has 0 amide bonds. The van der Waals surface area contributed by atoms with Gasteiger partial charge in [-0.15, -0.1) is 0 Å². The first-order valence-electron chi connectivity index (χ1n) is 3.57. The van der Waals surface area contributed by atoms with Gasteiger partial charge in [0.15, 0.2) is 0 Å². The van der Waals surface area contributed by atoms with E-state index in [-0.39, 0.29) is 27.3 Å². The largest absolute Gasteiger partial charge is 0.480 e. The molecule has 0 atom stereocenters. The number of hydrogen-bond acceptors (Lipinski definition) is 1. The molecule has 1 saturated carbocycles. The van der Waals surface area contributed by atoms with Crippen molar-refractivity contribution in [1.29, 1.82) is 0 Å². The number of carboxylic acid groups (broad SMARTS) is 1. The van der Waals surface area contributed by atoms with Gasteiger partial charge in [0.2, 0.25) is 0 Å². The maximum Gasteiger partial charge on any atom is 0.320 e. The fourth-order valence-corrected chi connectivity index (χ4v) is 1.89. The molecule has 0 spiro atoms. The van der Waals surface area contributed by atoms with E-state index in [9.17, 15) is 4.79 Å². The molecule has 11 heavy (non-hydrogen) atoms. The topological polar surface area (TPSA) is 37.3 Å². The molecule has 4 heteroatoms. The molecule has 0 unspecified atom stereocenters. The van der Waals surface area contributed by atoms with Crippen molar-refractivity contribution in [2.75, 3.05) is 0 Å². The molecule has 1 fully saturated rings. The van der Waals surface area contributed by atoms with Crippen LogP contribution in [0, 0.1) is 0 Å². The second-order valence-corrected chi connectivity index (χ2v) is 4.35. The Labute approximate surface area is 95.0 Å². The van der Waals surface area contributed by atoms with Crippen molar-refractivity contribution in [3.63, 3.8) is 0 Å². The first-order chi connectivity index (χ1) is 4.65. The zero-order valence-electron chi connectivity index (χ0n) is 6.35. The third-order valence-corrected chi connectivity index (χ3v) is 3.16. The number of halogens is 1. The van der Waals surface area contributed by atoms with Crippen LogP contribution < -0.4 is 0 Å². The SMILES string of the molecule is O=C(O)C1(Br)CCCCC1.[Tl]. The summed E-state index contributed by atoms with van der Waals surface area (Å²) in [6, 6.07) is 0. The molecule has 1 aliphatic carbocycles. The number of alkyl halides is 1. The molecular weight excluding hydrogens is 400 g/mol. The van der Waals surface area contributed by atoms with Gasteiger partial charge in [0.25, 0.3) is 0 Å². The van der Waals surface area contributed by atoms with E-state index in [4.69, 9.17) is 5.11 Å². The first kappa shape index (κ1) is 11.9. The molecule has 0 aromatic rings. The molecular formula is C7H11BrO2Tl. The van der Waals surface area contributed by atoms with E-state index < -0.39 is 10.3 Å². The summed E-state index contributed by atoms with van der Waals surface area (Å²) in [5, 5.41) is 8.75. The van der Waals surface area contributed by atoms with E-state index in [0.29, 0.717) is 0 Å². The molecule has 0 bridgehead atoms. The minimum absolute atomic E-state index is 0. The second kappa shape index (κ2) is 4.79. The summed E-state index contributed by atoms with van der Waals surface area (Å²) in [5.41, 5.74) is 0. The summed E-state index contributed by atoms with van der Waals surface area (Å²) in [5.74, 6) is -0.702. The van der Waals surface area contributed by atoms with Crippen molar-refractivity contribution in [1.82, 2.24) is 0 Å². The predicted molar refractivity (Wildman–Crippen MR) is 48.1 cm³/mol. The van der Waals surface area contributed by atoms with E-state index in [0.717, 1.165) is 25.7 Å².